The molecule has 2 heteroatoms. The van der Waals surface area contributed by atoms with E-state index in [4.69, 9.17) is 4.74 Å². The number of hydrogen-bond donors (Lipinski definition) is 0. The predicted molar refractivity (Wildman–Crippen MR) is 98.6 cm³/mol. The summed E-state index contributed by atoms with van der Waals surface area (Å²) in [6.07, 6.45) is 3.32. The van der Waals surface area contributed by atoms with E-state index in [1.54, 1.807) is 13.2 Å². The lowest BCUT2D eigenvalue weighted by Gasteiger charge is -2.18. The van der Waals surface area contributed by atoms with Gasteiger partial charge >= 0.3 is 0 Å². The molecule has 1 aliphatic carbocycles. The van der Waals surface area contributed by atoms with Crippen molar-refractivity contribution in [1.29, 1.82) is 0 Å². The van der Waals surface area contributed by atoms with Gasteiger partial charge in [-0.2, -0.15) is 0 Å². The Morgan fingerprint density at radius 2 is 1.92 bits per heavy atom. The van der Waals surface area contributed by atoms with Crippen molar-refractivity contribution in [2.75, 3.05) is 7.11 Å². The maximum absolute atomic E-state index is 14.4. The van der Waals surface area contributed by atoms with Crippen LogP contribution in [-0.4, -0.2) is 7.11 Å². The van der Waals surface area contributed by atoms with Crippen LogP contribution in [0, 0.1) is 5.82 Å². The predicted octanol–water partition coefficient (Wildman–Crippen LogP) is 6.24. The molecule has 0 saturated carbocycles. The number of methoxy groups -OCH3 is 1. The van der Waals surface area contributed by atoms with E-state index in [0.29, 0.717) is 11.7 Å². The van der Waals surface area contributed by atoms with Crippen molar-refractivity contribution >= 4 is 0 Å². The standard InChI is InChI=1S/C22H27FO/c1-6-15-9-18-14(4)7-8-16(18)10-19(15)20-11-17(13(2)3)21(23)12-22(20)24-5/h9-14H,6-8H2,1-5H3. The van der Waals surface area contributed by atoms with E-state index in [0.717, 1.165) is 24.0 Å². The molecule has 0 fully saturated rings. The smallest absolute Gasteiger partial charge is 0.130 e. The first-order chi connectivity index (χ1) is 11.5. The van der Waals surface area contributed by atoms with Gasteiger partial charge < -0.3 is 4.74 Å². The molecule has 1 atom stereocenters. The average molecular weight is 326 g/mol. The molecular weight excluding hydrogens is 299 g/mol. The highest BCUT2D eigenvalue weighted by Crippen LogP contribution is 2.41. The van der Waals surface area contributed by atoms with Crippen LogP contribution in [0.2, 0.25) is 0 Å². The van der Waals surface area contributed by atoms with Gasteiger partial charge in [0.15, 0.2) is 0 Å². The van der Waals surface area contributed by atoms with Crippen molar-refractivity contribution in [3.63, 3.8) is 0 Å². The highest BCUT2D eigenvalue weighted by atomic mass is 19.1. The summed E-state index contributed by atoms with van der Waals surface area (Å²) in [6, 6.07) is 8.20. The Labute approximate surface area is 144 Å². The maximum atomic E-state index is 14.4. The third-order valence-corrected chi connectivity index (χ3v) is 5.35. The highest BCUT2D eigenvalue weighted by Gasteiger charge is 2.23. The molecule has 2 aromatic carbocycles. The minimum Gasteiger partial charge on any atom is -0.496 e. The molecule has 0 radical (unpaired) electrons. The summed E-state index contributed by atoms with van der Waals surface area (Å²) in [5, 5.41) is 0. The first kappa shape index (κ1) is 17.0. The lowest BCUT2D eigenvalue weighted by atomic mass is 9.89. The molecule has 3 rings (SSSR count). The Kier molecular flexibility index (Phi) is 4.67. The van der Waals surface area contributed by atoms with Crippen LogP contribution in [0.3, 0.4) is 0 Å². The van der Waals surface area contributed by atoms with Gasteiger partial charge in [0.25, 0.3) is 0 Å². The normalized spacial score (nSPS) is 16.5. The topological polar surface area (TPSA) is 9.23 Å². The van der Waals surface area contributed by atoms with Crippen molar-refractivity contribution in [1.82, 2.24) is 0 Å². The second-order valence-corrected chi connectivity index (χ2v) is 7.23. The first-order valence-electron chi connectivity index (χ1n) is 8.99. The van der Waals surface area contributed by atoms with Crippen LogP contribution in [0.15, 0.2) is 24.3 Å². The fraction of sp³-hybridized carbons (Fsp3) is 0.455. The molecule has 1 unspecified atom stereocenters. The van der Waals surface area contributed by atoms with E-state index in [2.05, 4.69) is 26.0 Å². The van der Waals surface area contributed by atoms with Gasteiger partial charge in [-0.05, 0) is 65.0 Å². The van der Waals surface area contributed by atoms with Crippen molar-refractivity contribution < 1.29 is 9.13 Å². The molecule has 1 nitrogen and oxygen atoms in total. The van der Waals surface area contributed by atoms with Crippen LogP contribution >= 0.6 is 0 Å². The molecule has 0 aliphatic heterocycles. The molecule has 24 heavy (non-hydrogen) atoms. The molecule has 2 aromatic rings. The summed E-state index contributed by atoms with van der Waals surface area (Å²) >= 11 is 0. The number of halogens is 1. The fourth-order valence-corrected chi connectivity index (χ4v) is 3.85. The highest BCUT2D eigenvalue weighted by molar-refractivity contribution is 5.76. The Bertz CT molecular complexity index is 761. The van der Waals surface area contributed by atoms with Crippen LogP contribution < -0.4 is 4.74 Å². The van der Waals surface area contributed by atoms with Crippen molar-refractivity contribution in [2.24, 2.45) is 0 Å². The Morgan fingerprint density at radius 3 is 2.54 bits per heavy atom. The third kappa shape index (κ3) is 2.83. The monoisotopic (exact) mass is 326 g/mol. The number of ether oxygens (including phenoxy) is 1. The zero-order valence-corrected chi connectivity index (χ0v) is 15.4. The molecule has 0 spiro atoms. The summed E-state index contributed by atoms with van der Waals surface area (Å²) in [5.41, 5.74) is 7.21. The minimum absolute atomic E-state index is 0.147. The van der Waals surface area contributed by atoms with Crippen LogP contribution in [0.1, 0.15) is 68.2 Å². The minimum atomic E-state index is -0.182. The summed E-state index contributed by atoms with van der Waals surface area (Å²) in [6.45, 7) is 8.55. The second-order valence-electron chi connectivity index (χ2n) is 7.23. The van der Waals surface area contributed by atoms with Gasteiger partial charge in [-0.1, -0.05) is 39.8 Å². The zero-order valence-electron chi connectivity index (χ0n) is 15.4. The lowest BCUT2D eigenvalue weighted by molar-refractivity contribution is 0.412. The largest absolute Gasteiger partial charge is 0.496 e. The van der Waals surface area contributed by atoms with Gasteiger partial charge in [0, 0.05) is 11.6 Å². The molecule has 0 N–H and O–H groups in total. The maximum Gasteiger partial charge on any atom is 0.130 e. The van der Waals surface area contributed by atoms with E-state index in [1.165, 1.54) is 28.7 Å². The van der Waals surface area contributed by atoms with Crippen molar-refractivity contribution in [3.8, 4) is 16.9 Å². The summed E-state index contributed by atoms with van der Waals surface area (Å²) in [5.74, 6) is 1.23. The van der Waals surface area contributed by atoms with Crippen LogP contribution in [-0.2, 0) is 12.8 Å². The van der Waals surface area contributed by atoms with E-state index in [-0.39, 0.29) is 11.7 Å². The summed E-state index contributed by atoms with van der Waals surface area (Å²) in [7, 11) is 1.62. The molecule has 0 heterocycles. The quantitative estimate of drug-likeness (QED) is 0.646. The third-order valence-electron chi connectivity index (χ3n) is 5.35. The molecule has 0 saturated heterocycles. The van der Waals surface area contributed by atoms with Gasteiger partial charge in [-0.25, -0.2) is 4.39 Å². The van der Waals surface area contributed by atoms with Crippen LogP contribution in [0.4, 0.5) is 4.39 Å². The Hall–Kier alpha value is -1.83. The Balaban J connectivity index is 2.23. The molecule has 0 bridgehead atoms. The fourth-order valence-electron chi connectivity index (χ4n) is 3.85. The van der Waals surface area contributed by atoms with Crippen molar-refractivity contribution in [3.05, 3.63) is 52.3 Å². The Morgan fingerprint density at radius 1 is 1.17 bits per heavy atom. The number of aryl methyl sites for hydroxylation is 2. The number of hydrogen-bond acceptors (Lipinski definition) is 1. The number of rotatable bonds is 4. The van der Waals surface area contributed by atoms with Gasteiger partial charge in [0.05, 0.1) is 7.11 Å². The van der Waals surface area contributed by atoms with Crippen LogP contribution in [0.5, 0.6) is 5.75 Å². The van der Waals surface area contributed by atoms with E-state index < -0.39 is 0 Å². The van der Waals surface area contributed by atoms with Gasteiger partial charge in [0.1, 0.15) is 11.6 Å². The van der Waals surface area contributed by atoms with Crippen molar-refractivity contribution in [2.45, 2.75) is 58.8 Å². The molecular formula is C22H27FO. The van der Waals surface area contributed by atoms with E-state index in [9.17, 15) is 4.39 Å². The molecule has 0 aromatic heterocycles. The van der Waals surface area contributed by atoms with E-state index in [1.807, 2.05) is 19.9 Å². The summed E-state index contributed by atoms with van der Waals surface area (Å²) in [4.78, 5) is 0. The van der Waals surface area contributed by atoms with Gasteiger partial charge in [-0.3, -0.25) is 0 Å². The second kappa shape index (κ2) is 6.58. The zero-order chi connectivity index (χ0) is 17.4. The SMILES string of the molecule is CCc1cc2c(cc1-c1cc(C(C)C)c(F)cc1OC)CCC2C. The first-order valence-corrected chi connectivity index (χ1v) is 8.99. The van der Waals surface area contributed by atoms with Gasteiger partial charge in [0.2, 0.25) is 0 Å². The molecule has 0 amide bonds. The van der Waals surface area contributed by atoms with Crippen LogP contribution in [0.25, 0.3) is 11.1 Å². The number of fused-ring (bicyclic) bond motifs is 1. The molecule has 1 aliphatic rings. The lowest BCUT2D eigenvalue weighted by Crippen LogP contribution is -2.00. The van der Waals surface area contributed by atoms with E-state index >= 15 is 0 Å². The molecule has 128 valence electrons. The number of benzene rings is 2. The average Bonchev–Trinajstić information content (AvgIpc) is 2.93. The summed E-state index contributed by atoms with van der Waals surface area (Å²) < 4.78 is 19.9. The van der Waals surface area contributed by atoms with Gasteiger partial charge in [-0.15, -0.1) is 0 Å².